The van der Waals surface area contributed by atoms with Gasteiger partial charge in [0.2, 0.25) is 5.91 Å². The Balaban J connectivity index is 2.44. The monoisotopic (exact) mass is 357 g/mol. The van der Waals surface area contributed by atoms with Gasteiger partial charge >= 0.3 is 5.97 Å². The topological polar surface area (TPSA) is 57.6 Å². The third kappa shape index (κ3) is 2.40. The average molecular weight is 357 g/mol. The molecule has 4 nitrogen and oxygen atoms in total. The van der Waals surface area contributed by atoms with E-state index in [-0.39, 0.29) is 17.4 Å². The van der Waals surface area contributed by atoms with Crippen LogP contribution in [0.4, 0.5) is 5.69 Å². The number of amides is 1. The molecule has 1 fully saturated rings. The molecule has 18 heavy (non-hydrogen) atoms. The van der Waals surface area contributed by atoms with Gasteiger partial charge in [-0.05, 0) is 40.8 Å². The summed E-state index contributed by atoms with van der Waals surface area (Å²) in [6.45, 7) is 4.19. The van der Waals surface area contributed by atoms with Gasteiger partial charge in [-0.15, -0.1) is 6.58 Å². The summed E-state index contributed by atoms with van der Waals surface area (Å²) < 4.78 is 0.905. The maximum Gasteiger partial charge on any atom is 0.337 e. The molecule has 1 aliphatic rings. The van der Waals surface area contributed by atoms with Crippen LogP contribution in [0, 0.1) is 9.49 Å². The molecule has 1 unspecified atom stereocenters. The van der Waals surface area contributed by atoms with Crippen LogP contribution in [-0.4, -0.2) is 23.5 Å². The fourth-order valence-corrected chi connectivity index (χ4v) is 2.51. The van der Waals surface area contributed by atoms with Crippen molar-refractivity contribution < 1.29 is 14.7 Å². The highest BCUT2D eigenvalue weighted by molar-refractivity contribution is 14.1. The second kappa shape index (κ2) is 5.09. The fourth-order valence-electron chi connectivity index (χ4n) is 2.03. The number of rotatable bonds is 3. The first-order valence-electron chi connectivity index (χ1n) is 5.48. The van der Waals surface area contributed by atoms with Crippen molar-refractivity contribution in [2.75, 3.05) is 11.4 Å². The van der Waals surface area contributed by atoms with Crippen molar-refractivity contribution in [2.24, 2.45) is 5.92 Å². The van der Waals surface area contributed by atoms with Crippen molar-refractivity contribution >= 4 is 40.2 Å². The Bertz CT molecular complexity index is 527. The number of nitrogens with zero attached hydrogens (tertiary/aromatic N) is 1. The summed E-state index contributed by atoms with van der Waals surface area (Å²) in [5.74, 6) is -0.974. The van der Waals surface area contributed by atoms with Crippen molar-refractivity contribution in [3.8, 4) is 0 Å². The minimum Gasteiger partial charge on any atom is -0.478 e. The van der Waals surface area contributed by atoms with Crippen LogP contribution in [0.1, 0.15) is 16.8 Å². The SMILES string of the molecule is C=CC1CC(=O)N(c2cc(I)ccc2C(=O)O)C1. The lowest BCUT2D eigenvalue weighted by molar-refractivity contribution is -0.117. The van der Waals surface area contributed by atoms with Crippen LogP contribution in [-0.2, 0) is 4.79 Å². The van der Waals surface area contributed by atoms with Gasteiger partial charge in [0, 0.05) is 22.5 Å². The van der Waals surface area contributed by atoms with Crippen molar-refractivity contribution in [3.05, 3.63) is 40.0 Å². The highest BCUT2D eigenvalue weighted by atomic mass is 127. The van der Waals surface area contributed by atoms with Crippen molar-refractivity contribution in [1.29, 1.82) is 0 Å². The molecule has 1 aliphatic heterocycles. The van der Waals surface area contributed by atoms with Gasteiger partial charge in [0.1, 0.15) is 0 Å². The molecule has 0 aliphatic carbocycles. The van der Waals surface area contributed by atoms with E-state index in [0.29, 0.717) is 18.7 Å². The second-order valence-corrected chi connectivity index (χ2v) is 5.42. The Morgan fingerprint density at radius 1 is 1.56 bits per heavy atom. The Kier molecular flexibility index (Phi) is 3.70. The van der Waals surface area contributed by atoms with E-state index in [1.165, 1.54) is 11.0 Å². The lowest BCUT2D eigenvalue weighted by Gasteiger charge is -2.18. The molecule has 0 aromatic heterocycles. The van der Waals surface area contributed by atoms with E-state index in [1.807, 2.05) is 0 Å². The Hall–Kier alpha value is -1.37. The number of hydrogen-bond acceptors (Lipinski definition) is 2. The molecule has 0 bridgehead atoms. The Morgan fingerprint density at radius 3 is 2.83 bits per heavy atom. The molecule has 1 aromatic carbocycles. The zero-order valence-electron chi connectivity index (χ0n) is 9.60. The quantitative estimate of drug-likeness (QED) is 0.668. The summed E-state index contributed by atoms with van der Waals surface area (Å²) in [6.07, 6.45) is 2.14. The zero-order valence-corrected chi connectivity index (χ0v) is 11.8. The summed E-state index contributed by atoms with van der Waals surface area (Å²) in [7, 11) is 0. The van der Waals surface area contributed by atoms with Gasteiger partial charge in [0.05, 0.1) is 11.3 Å². The Labute approximate surface area is 118 Å². The molecule has 1 saturated heterocycles. The van der Waals surface area contributed by atoms with E-state index in [0.717, 1.165) is 3.57 Å². The summed E-state index contributed by atoms with van der Waals surface area (Å²) in [5, 5.41) is 9.17. The zero-order chi connectivity index (χ0) is 13.3. The van der Waals surface area contributed by atoms with Crippen LogP contribution < -0.4 is 4.90 Å². The predicted molar refractivity (Wildman–Crippen MR) is 76.8 cm³/mol. The highest BCUT2D eigenvalue weighted by Gasteiger charge is 2.31. The molecule has 0 spiro atoms. The van der Waals surface area contributed by atoms with E-state index in [1.54, 1.807) is 18.2 Å². The highest BCUT2D eigenvalue weighted by Crippen LogP contribution is 2.30. The number of carbonyl (C=O) groups excluding carboxylic acids is 1. The van der Waals surface area contributed by atoms with Gasteiger partial charge in [-0.1, -0.05) is 6.08 Å². The van der Waals surface area contributed by atoms with Gasteiger partial charge in [-0.3, -0.25) is 4.79 Å². The van der Waals surface area contributed by atoms with Crippen LogP contribution in [0.2, 0.25) is 0 Å². The standard InChI is InChI=1S/C13H12INO3/c1-2-8-5-12(16)15(7-8)11-6-9(14)3-4-10(11)13(17)18/h2-4,6,8H,1,5,7H2,(H,17,18). The average Bonchev–Trinajstić information content (AvgIpc) is 2.70. The lowest BCUT2D eigenvalue weighted by Crippen LogP contribution is -2.26. The summed E-state index contributed by atoms with van der Waals surface area (Å²) >= 11 is 2.10. The molecule has 0 saturated carbocycles. The normalized spacial score (nSPS) is 19.1. The number of aromatic carboxylic acids is 1. The molecular weight excluding hydrogens is 345 g/mol. The van der Waals surface area contributed by atoms with Crippen LogP contribution in [0.25, 0.3) is 0 Å². The molecule has 1 aromatic rings. The molecule has 2 rings (SSSR count). The molecule has 1 amide bonds. The summed E-state index contributed by atoms with van der Waals surface area (Å²) in [5.41, 5.74) is 0.636. The van der Waals surface area contributed by atoms with Crippen LogP contribution in [0.5, 0.6) is 0 Å². The smallest absolute Gasteiger partial charge is 0.337 e. The molecule has 1 atom stereocenters. The van der Waals surface area contributed by atoms with E-state index >= 15 is 0 Å². The largest absolute Gasteiger partial charge is 0.478 e. The van der Waals surface area contributed by atoms with E-state index in [4.69, 9.17) is 5.11 Å². The second-order valence-electron chi connectivity index (χ2n) is 4.17. The number of carboxylic acid groups (broad SMARTS) is 1. The van der Waals surface area contributed by atoms with E-state index in [9.17, 15) is 9.59 Å². The van der Waals surface area contributed by atoms with Crippen molar-refractivity contribution in [3.63, 3.8) is 0 Å². The number of benzene rings is 1. The minimum absolute atomic E-state index is 0.0515. The minimum atomic E-state index is -1.02. The van der Waals surface area contributed by atoms with Gasteiger partial charge in [0.25, 0.3) is 0 Å². The summed E-state index contributed by atoms with van der Waals surface area (Å²) in [6, 6.07) is 4.99. The third-order valence-electron chi connectivity index (χ3n) is 2.97. The molecular formula is C13H12INO3. The third-order valence-corrected chi connectivity index (χ3v) is 3.64. The van der Waals surface area contributed by atoms with E-state index < -0.39 is 5.97 Å². The first kappa shape index (κ1) is 13.1. The molecule has 1 heterocycles. The maximum absolute atomic E-state index is 11.9. The number of carbonyl (C=O) groups is 2. The Morgan fingerprint density at radius 2 is 2.28 bits per heavy atom. The molecule has 1 N–H and O–H groups in total. The lowest BCUT2D eigenvalue weighted by atomic mass is 10.1. The summed E-state index contributed by atoms with van der Waals surface area (Å²) in [4.78, 5) is 24.6. The van der Waals surface area contributed by atoms with Crippen molar-refractivity contribution in [1.82, 2.24) is 0 Å². The van der Waals surface area contributed by atoms with Crippen LogP contribution in [0.15, 0.2) is 30.9 Å². The van der Waals surface area contributed by atoms with E-state index in [2.05, 4.69) is 29.2 Å². The predicted octanol–water partition coefficient (Wildman–Crippen LogP) is 2.53. The van der Waals surface area contributed by atoms with Gasteiger partial charge in [-0.2, -0.15) is 0 Å². The fraction of sp³-hybridized carbons (Fsp3) is 0.231. The maximum atomic E-state index is 11.9. The van der Waals surface area contributed by atoms with Crippen LogP contribution >= 0.6 is 22.6 Å². The first-order valence-corrected chi connectivity index (χ1v) is 6.56. The van der Waals surface area contributed by atoms with Gasteiger partial charge in [0.15, 0.2) is 0 Å². The van der Waals surface area contributed by atoms with Gasteiger partial charge in [-0.25, -0.2) is 4.79 Å². The number of carboxylic acids is 1. The van der Waals surface area contributed by atoms with Crippen molar-refractivity contribution in [2.45, 2.75) is 6.42 Å². The van der Waals surface area contributed by atoms with Crippen LogP contribution in [0.3, 0.4) is 0 Å². The molecule has 94 valence electrons. The number of halogens is 1. The first-order chi connectivity index (χ1) is 8.52. The van der Waals surface area contributed by atoms with Gasteiger partial charge < -0.3 is 10.0 Å². The number of hydrogen-bond donors (Lipinski definition) is 1. The molecule has 0 radical (unpaired) electrons. The molecule has 5 heteroatoms. The number of anilines is 1.